The summed E-state index contributed by atoms with van der Waals surface area (Å²) < 4.78 is 38.7. The Morgan fingerprint density at radius 3 is 2.40 bits per heavy atom. The number of carbonyl (C=O) groups is 1. The predicted octanol–water partition coefficient (Wildman–Crippen LogP) is 2.61. The van der Waals surface area contributed by atoms with Crippen molar-refractivity contribution in [3.8, 4) is 0 Å². The SMILES string of the molecule is CS(=O)(=O)N1CCC(C2CCN(C(=O)c3c(F)cccc3Cl)C2)CC1. The number of nitrogens with zero attached hydrogens (tertiary/aromatic N) is 2. The molecule has 0 spiro atoms. The minimum absolute atomic E-state index is 0.0586. The van der Waals surface area contributed by atoms with Crippen LogP contribution in [0.3, 0.4) is 0 Å². The molecule has 2 saturated heterocycles. The molecule has 1 unspecified atom stereocenters. The number of amides is 1. The zero-order valence-electron chi connectivity index (χ0n) is 14.1. The van der Waals surface area contributed by atoms with Gasteiger partial charge in [-0.05, 0) is 43.2 Å². The van der Waals surface area contributed by atoms with Crippen LogP contribution < -0.4 is 0 Å². The molecule has 1 amide bonds. The Balaban J connectivity index is 1.62. The van der Waals surface area contributed by atoms with Crippen LogP contribution in [0.4, 0.5) is 4.39 Å². The predicted molar refractivity (Wildman–Crippen MR) is 94.6 cm³/mol. The molecule has 2 heterocycles. The molecule has 0 saturated carbocycles. The van der Waals surface area contributed by atoms with E-state index in [2.05, 4.69) is 0 Å². The van der Waals surface area contributed by atoms with Crippen molar-refractivity contribution < 1.29 is 17.6 Å². The number of halogens is 2. The monoisotopic (exact) mass is 388 g/mol. The number of likely N-dealkylation sites (tertiary alicyclic amines) is 1. The molecule has 0 N–H and O–H groups in total. The van der Waals surface area contributed by atoms with Gasteiger partial charge in [-0.15, -0.1) is 0 Å². The normalized spacial score (nSPS) is 23.2. The van der Waals surface area contributed by atoms with Gasteiger partial charge in [0.15, 0.2) is 0 Å². The second-order valence-electron chi connectivity index (χ2n) is 6.90. The summed E-state index contributed by atoms with van der Waals surface area (Å²) in [4.78, 5) is 14.3. The molecular formula is C17H22ClFN2O3S. The molecule has 8 heteroatoms. The molecule has 0 bridgehead atoms. The molecule has 138 valence electrons. The molecule has 0 aliphatic carbocycles. The van der Waals surface area contributed by atoms with Crippen LogP contribution in [0.1, 0.15) is 29.6 Å². The number of benzene rings is 1. The van der Waals surface area contributed by atoms with E-state index in [0.717, 1.165) is 19.3 Å². The maximum absolute atomic E-state index is 14.0. The van der Waals surface area contributed by atoms with Gasteiger partial charge in [0.2, 0.25) is 10.0 Å². The number of piperidine rings is 1. The Morgan fingerprint density at radius 2 is 1.80 bits per heavy atom. The molecule has 1 aromatic rings. The molecular weight excluding hydrogens is 367 g/mol. The zero-order valence-corrected chi connectivity index (χ0v) is 15.7. The maximum atomic E-state index is 14.0. The number of sulfonamides is 1. The number of rotatable bonds is 3. The third-order valence-electron chi connectivity index (χ3n) is 5.32. The zero-order chi connectivity index (χ0) is 18.2. The summed E-state index contributed by atoms with van der Waals surface area (Å²) in [6.07, 6.45) is 3.71. The molecule has 2 aliphatic rings. The minimum atomic E-state index is -3.13. The van der Waals surface area contributed by atoms with E-state index in [1.54, 1.807) is 4.90 Å². The Labute approximate surface area is 152 Å². The topological polar surface area (TPSA) is 57.7 Å². The van der Waals surface area contributed by atoms with Gasteiger partial charge >= 0.3 is 0 Å². The summed E-state index contributed by atoms with van der Waals surface area (Å²) >= 11 is 6.00. The highest BCUT2D eigenvalue weighted by Gasteiger charge is 2.36. The summed E-state index contributed by atoms with van der Waals surface area (Å²) in [7, 11) is -3.13. The van der Waals surface area contributed by atoms with Gasteiger partial charge in [0.05, 0.1) is 16.8 Å². The summed E-state index contributed by atoms with van der Waals surface area (Å²) in [5, 5.41) is 0.134. The molecule has 25 heavy (non-hydrogen) atoms. The van der Waals surface area contributed by atoms with E-state index in [-0.39, 0.29) is 16.5 Å². The summed E-state index contributed by atoms with van der Waals surface area (Å²) in [6, 6.07) is 4.25. The fourth-order valence-corrected chi connectivity index (χ4v) is 5.01. The lowest BCUT2D eigenvalue weighted by atomic mass is 9.84. The van der Waals surface area contributed by atoms with E-state index in [0.29, 0.717) is 38.0 Å². The van der Waals surface area contributed by atoms with Gasteiger partial charge in [0, 0.05) is 26.2 Å². The smallest absolute Gasteiger partial charge is 0.258 e. The van der Waals surface area contributed by atoms with Gasteiger partial charge in [0.25, 0.3) is 5.91 Å². The third-order valence-corrected chi connectivity index (χ3v) is 6.94. The van der Waals surface area contributed by atoms with Crippen molar-refractivity contribution in [1.29, 1.82) is 0 Å². The lowest BCUT2D eigenvalue weighted by molar-refractivity contribution is 0.0774. The van der Waals surface area contributed by atoms with Gasteiger partial charge in [-0.1, -0.05) is 17.7 Å². The van der Waals surface area contributed by atoms with Gasteiger partial charge in [-0.25, -0.2) is 17.1 Å². The van der Waals surface area contributed by atoms with Crippen LogP contribution in [0.15, 0.2) is 18.2 Å². The third kappa shape index (κ3) is 3.99. The van der Waals surface area contributed by atoms with Gasteiger partial charge < -0.3 is 4.90 Å². The quantitative estimate of drug-likeness (QED) is 0.799. The molecule has 2 fully saturated rings. The Kier molecular flexibility index (Phi) is 5.37. The standard InChI is InChI=1S/C17H22ClFN2O3S/c1-25(23,24)21-9-6-12(7-10-21)13-5-8-20(11-13)17(22)16-14(18)3-2-4-15(16)19/h2-4,12-13H,5-11H2,1H3. The van der Waals surface area contributed by atoms with Crippen molar-refractivity contribution in [2.24, 2.45) is 11.8 Å². The highest BCUT2D eigenvalue weighted by Crippen LogP contribution is 2.33. The van der Waals surface area contributed by atoms with E-state index in [1.165, 1.54) is 28.8 Å². The second kappa shape index (κ2) is 7.21. The minimum Gasteiger partial charge on any atom is -0.338 e. The molecule has 0 radical (unpaired) electrons. The van der Waals surface area contributed by atoms with Crippen LogP contribution in [-0.2, 0) is 10.0 Å². The Hall–Kier alpha value is -1.18. The van der Waals surface area contributed by atoms with Crippen LogP contribution in [0, 0.1) is 17.7 Å². The van der Waals surface area contributed by atoms with Crippen molar-refractivity contribution in [2.45, 2.75) is 19.3 Å². The van der Waals surface area contributed by atoms with Crippen LogP contribution in [-0.4, -0.2) is 56.0 Å². The molecule has 1 atom stereocenters. The lowest BCUT2D eigenvalue weighted by Gasteiger charge is -2.33. The fraction of sp³-hybridized carbons (Fsp3) is 0.588. The van der Waals surface area contributed by atoms with Crippen molar-refractivity contribution in [3.05, 3.63) is 34.6 Å². The van der Waals surface area contributed by atoms with E-state index in [4.69, 9.17) is 11.6 Å². The first kappa shape index (κ1) is 18.6. The van der Waals surface area contributed by atoms with E-state index in [9.17, 15) is 17.6 Å². The molecule has 2 aliphatic heterocycles. The van der Waals surface area contributed by atoms with Crippen LogP contribution in [0.2, 0.25) is 5.02 Å². The van der Waals surface area contributed by atoms with Crippen molar-refractivity contribution in [2.75, 3.05) is 32.4 Å². The van der Waals surface area contributed by atoms with E-state index >= 15 is 0 Å². The first-order valence-corrected chi connectivity index (χ1v) is 10.7. The lowest BCUT2D eigenvalue weighted by Crippen LogP contribution is -2.40. The number of hydrogen-bond donors (Lipinski definition) is 0. The largest absolute Gasteiger partial charge is 0.338 e. The summed E-state index contributed by atoms with van der Waals surface area (Å²) in [5.41, 5.74) is -0.0586. The fourth-order valence-electron chi connectivity index (χ4n) is 3.90. The van der Waals surface area contributed by atoms with E-state index < -0.39 is 15.8 Å². The molecule has 3 rings (SSSR count). The van der Waals surface area contributed by atoms with Crippen molar-refractivity contribution >= 4 is 27.5 Å². The van der Waals surface area contributed by atoms with Crippen LogP contribution in [0.25, 0.3) is 0 Å². The highest BCUT2D eigenvalue weighted by atomic mass is 35.5. The molecule has 1 aromatic carbocycles. The first-order valence-electron chi connectivity index (χ1n) is 8.46. The van der Waals surface area contributed by atoms with Crippen molar-refractivity contribution in [3.63, 3.8) is 0 Å². The average molecular weight is 389 g/mol. The van der Waals surface area contributed by atoms with Crippen LogP contribution >= 0.6 is 11.6 Å². The van der Waals surface area contributed by atoms with Gasteiger partial charge in [-0.2, -0.15) is 0 Å². The Bertz CT molecular complexity index is 743. The molecule has 5 nitrogen and oxygen atoms in total. The second-order valence-corrected chi connectivity index (χ2v) is 9.29. The van der Waals surface area contributed by atoms with E-state index in [1.807, 2.05) is 0 Å². The Morgan fingerprint density at radius 1 is 1.16 bits per heavy atom. The first-order chi connectivity index (χ1) is 11.8. The number of hydrogen-bond acceptors (Lipinski definition) is 3. The average Bonchev–Trinajstić information content (AvgIpc) is 3.04. The highest BCUT2D eigenvalue weighted by molar-refractivity contribution is 7.88. The van der Waals surface area contributed by atoms with Crippen LogP contribution in [0.5, 0.6) is 0 Å². The molecule has 0 aromatic heterocycles. The van der Waals surface area contributed by atoms with Gasteiger partial charge in [-0.3, -0.25) is 4.79 Å². The summed E-state index contributed by atoms with van der Waals surface area (Å²) in [5.74, 6) is -0.232. The van der Waals surface area contributed by atoms with Crippen molar-refractivity contribution in [1.82, 2.24) is 9.21 Å². The number of carbonyl (C=O) groups excluding carboxylic acids is 1. The maximum Gasteiger partial charge on any atom is 0.258 e. The van der Waals surface area contributed by atoms with Gasteiger partial charge in [0.1, 0.15) is 5.82 Å². The summed E-state index contributed by atoms with van der Waals surface area (Å²) in [6.45, 7) is 2.23.